The molecule has 0 spiro atoms. The fourth-order valence-electron chi connectivity index (χ4n) is 3.63. The van der Waals surface area contributed by atoms with E-state index in [4.69, 9.17) is 0 Å². The molecule has 0 radical (unpaired) electrons. The third kappa shape index (κ3) is 2.66. The number of hydrogen-bond acceptors (Lipinski definition) is 2. The van der Waals surface area contributed by atoms with Crippen LogP contribution in [0.1, 0.15) is 12.8 Å². The fourth-order valence-corrected chi connectivity index (χ4v) is 4.69. The van der Waals surface area contributed by atoms with Gasteiger partial charge in [-0.1, -0.05) is 36.0 Å². The molecule has 1 fully saturated rings. The first-order valence-electron chi connectivity index (χ1n) is 8.19. The second-order valence-corrected chi connectivity index (χ2v) is 7.78. The molecule has 23 heavy (non-hydrogen) atoms. The summed E-state index contributed by atoms with van der Waals surface area (Å²) in [6.07, 6.45) is 2.46. The summed E-state index contributed by atoms with van der Waals surface area (Å²) >= 11 is 1.75. The first kappa shape index (κ1) is 14.8. The number of amides is 1. The van der Waals surface area contributed by atoms with E-state index in [0.717, 1.165) is 38.7 Å². The SMILES string of the molecule is C[N+]1(CC(=O)N2c3ccccc3Sc3ccccc32)CCCC1. The van der Waals surface area contributed by atoms with Gasteiger partial charge < -0.3 is 4.48 Å². The molecule has 0 bridgehead atoms. The zero-order chi connectivity index (χ0) is 15.9. The molecule has 2 aromatic carbocycles. The Morgan fingerprint density at radius 1 is 1.00 bits per heavy atom. The first-order valence-corrected chi connectivity index (χ1v) is 9.00. The molecule has 0 aromatic heterocycles. The lowest BCUT2D eigenvalue weighted by Gasteiger charge is -2.34. The summed E-state index contributed by atoms with van der Waals surface area (Å²) < 4.78 is 0.868. The molecular weight excluding hydrogens is 304 g/mol. The molecule has 2 heterocycles. The lowest BCUT2D eigenvalue weighted by atomic mass is 10.2. The van der Waals surface area contributed by atoms with Crippen molar-refractivity contribution < 1.29 is 9.28 Å². The van der Waals surface area contributed by atoms with Crippen LogP contribution in [0, 0.1) is 0 Å². The number of nitrogens with zero attached hydrogens (tertiary/aromatic N) is 2. The lowest BCUT2D eigenvalue weighted by molar-refractivity contribution is -0.889. The molecule has 118 valence electrons. The van der Waals surface area contributed by atoms with Crippen molar-refractivity contribution in [3.05, 3.63) is 48.5 Å². The Labute approximate surface area is 141 Å². The van der Waals surface area contributed by atoms with Crippen molar-refractivity contribution in [2.45, 2.75) is 22.6 Å². The molecular formula is C19H21N2OS+. The third-order valence-electron chi connectivity index (χ3n) is 4.84. The topological polar surface area (TPSA) is 20.3 Å². The molecule has 1 saturated heterocycles. The Bertz CT molecular complexity index is 707. The van der Waals surface area contributed by atoms with E-state index < -0.39 is 0 Å². The van der Waals surface area contributed by atoms with E-state index in [1.165, 1.54) is 12.8 Å². The highest BCUT2D eigenvalue weighted by Gasteiger charge is 2.35. The van der Waals surface area contributed by atoms with Crippen molar-refractivity contribution in [3.8, 4) is 0 Å². The maximum atomic E-state index is 13.2. The Balaban J connectivity index is 1.73. The van der Waals surface area contributed by atoms with Gasteiger partial charge in [0.1, 0.15) is 0 Å². The molecule has 1 amide bonds. The second kappa shape index (κ2) is 5.69. The highest BCUT2D eigenvalue weighted by Crippen LogP contribution is 2.47. The Kier molecular flexibility index (Phi) is 3.66. The van der Waals surface area contributed by atoms with E-state index >= 15 is 0 Å². The molecule has 4 rings (SSSR count). The van der Waals surface area contributed by atoms with Crippen LogP contribution in [0.25, 0.3) is 0 Å². The van der Waals surface area contributed by atoms with E-state index in [0.29, 0.717) is 6.54 Å². The van der Waals surface area contributed by atoms with Gasteiger partial charge in [0.2, 0.25) is 0 Å². The fraction of sp³-hybridized carbons (Fsp3) is 0.316. The van der Waals surface area contributed by atoms with Crippen LogP contribution in [-0.2, 0) is 4.79 Å². The van der Waals surface area contributed by atoms with Gasteiger partial charge in [-0.3, -0.25) is 9.69 Å². The number of carbonyl (C=O) groups is 1. The van der Waals surface area contributed by atoms with Crippen LogP contribution < -0.4 is 4.90 Å². The van der Waals surface area contributed by atoms with Crippen LogP contribution in [0.2, 0.25) is 0 Å². The van der Waals surface area contributed by atoms with Crippen molar-refractivity contribution in [1.29, 1.82) is 0 Å². The highest BCUT2D eigenvalue weighted by molar-refractivity contribution is 7.99. The number of quaternary nitrogens is 1. The minimum absolute atomic E-state index is 0.203. The number of benzene rings is 2. The van der Waals surface area contributed by atoms with Crippen LogP contribution in [0.5, 0.6) is 0 Å². The number of hydrogen-bond donors (Lipinski definition) is 0. The number of rotatable bonds is 2. The van der Waals surface area contributed by atoms with E-state index in [-0.39, 0.29) is 5.91 Å². The maximum absolute atomic E-state index is 13.2. The number of fused-ring (bicyclic) bond motifs is 2. The van der Waals surface area contributed by atoms with Crippen LogP contribution in [0.4, 0.5) is 11.4 Å². The zero-order valence-electron chi connectivity index (χ0n) is 13.4. The van der Waals surface area contributed by atoms with Crippen molar-refractivity contribution >= 4 is 29.0 Å². The smallest absolute Gasteiger partial charge is 0.286 e. The molecule has 4 heteroatoms. The summed E-state index contributed by atoms with van der Waals surface area (Å²) in [6, 6.07) is 16.4. The number of anilines is 2. The van der Waals surface area contributed by atoms with Gasteiger partial charge in [-0.25, -0.2) is 0 Å². The van der Waals surface area contributed by atoms with Gasteiger partial charge in [0, 0.05) is 22.6 Å². The maximum Gasteiger partial charge on any atom is 0.286 e. The molecule has 0 aliphatic carbocycles. The minimum Gasteiger partial charge on any atom is -0.318 e. The van der Waals surface area contributed by atoms with Crippen molar-refractivity contribution in [2.24, 2.45) is 0 Å². The monoisotopic (exact) mass is 325 g/mol. The van der Waals surface area contributed by atoms with Gasteiger partial charge in [-0.05, 0) is 24.3 Å². The van der Waals surface area contributed by atoms with Crippen LogP contribution in [0.15, 0.2) is 58.3 Å². The molecule has 0 saturated carbocycles. The second-order valence-electron chi connectivity index (χ2n) is 6.70. The van der Waals surface area contributed by atoms with Crippen molar-refractivity contribution in [2.75, 3.05) is 31.6 Å². The lowest BCUT2D eigenvalue weighted by Crippen LogP contribution is -2.49. The Morgan fingerprint density at radius 2 is 1.52 bits per heavy atom. The molecule has 0 unspecified atom stereocenters. The summed E-state index contributed by atoms with van der Waals surface area (Å²) in [5.74, 6) is 0.203. The number of likely N-dealkylation sites (tertiary alicyclic amines) is 1. The zero-order valence-corrected chi connectivity index (χ0v) is 14.2. The van der Waals surface area contributed by atoms with Gasteiger partial charge >= 0.3 is 0 Å². The standard InChI is InChI=1S/C19H21N2OS/c1-21(12-6-7-13-21)14-19(22)20-15-8-2-4-10-17(15)23-18-11-5-3-9-16(18)20/h2-5,8-11H,6-7,12-14H2,1H3/q+1. The quantitative estimate of drug-likeness (QED) is 0.776. The van der Waals surface area contributed by atoms with Gasteiger partial charge in [-0.2, -0.15) is 0 Å². The summed E-state index contributed by atoms with van der Waals surface area (Å²) in [5, 5.41) is 0. The summed E-state index contributed by atoms with van der Waals surface area (Å²) in [6.45, 7) is 2.79. The molecule has 0 N–H and O–H groups in total. The van der Waals surface area contributed by atoms with Crippen LogP contribution >= 0.6 is 11.8 Å². The Hall–Kier alpha value is -1.78. The first-order chi connectivity index (χ1) is 11.2. The largest absolute Gasteiger partial charge is 0.318 e. The van der Waals surface area contributed by atoms with E-state index in [9.17, 15) is 4.79 Å². The van der Waals surface area contributed by atoms with Gasteiger partial charge in [0.05, 0.1) is 31.5 Å². The van der Waals surface area contributed by atoms with Gasteiger partial charge in [0.25, 0.3) is 5.91 Å². The van der Waals surface area contributed by atoms with Gasteiger partial charge in [0.15, 0.2) is 6.54 Å². The predicted octanol–water partition coefficient (Wildman–Crippen LogP) is 4.06. The van der Waals surface area contributed by atoms with Crippen molar-refractivity contribution in [3.63, 3.8) is 0 Å². The molecule has 0 atom stereocenters. The summed E-state index contributed by atoms with van der Waals surface area (Å²) in [4.78, 5) is 17.4. The number of likely N-dealkylation sites (N-methyl/N-ethyl adjacent to an activating group) is 1. The predicted molar refractivity (Wildman–Crippen MR) is 94.2 cm³/mol. The molecule has 2 aromatic rings. The Morgan fingerprint density at radius 3 is 2.09 bits per heavy atom. The van der Waals surface area contributed by atoms with E-state index in [1.54, 1.807) is 11.8 Å². The van der Waals surface area contributed by atoms with E-state index in [1.807, 2.05) is 29.2 Å². The highest BCUT2D eigenvalue weighted by atomic mass is 32.2. The number of carbonyl (C=O) groups excluding carboxylic acids is 1. The van der Waals surface area contributed by atoms with Gasteiger partial charge in [-0.15, -0.1) is 0 Å². The van der Waals surface area contributed by atoms with E-state index in [2.05, 4.69) is 31.3 Å². The molecule has 3 nitrogen and oxygen atoms in total. The summed E-state index contributed by atoms with van der Waals surface area (Å²) in [5.41, 5.74) is 2.04. The average molecular weight is 325 g/mol. The van der Waals surface area contributed by atoms with Crippen molar-refractivity contribution in [1.82, 2.24) is 0 Å². The number of para-hydroxylation sites is 2. The molecule has 2 aliphatic heterocycles. The summed E-state index contributed by atoms with van der Waals surface area (Å²) in [7, 11) is 2.21. The van der Waals surface area contributed by atoms with Crippen LogP contribution in [-0.4, -0.2) is 37.1 Å². The van der Waals surface area contributed by atoms with Crippen LogP contribution in [0.3, 0.4) is 0 Å². The minimum atomic E-state index is 0.203. The normalized spacial score (nSPS) is 18.4. The molecule has 2 aliphatic rings. The third-order valence-corrected chi connectivity index (χ3v) is 5.97. The average Bonchev–Trinajstić information content (AvgIpc) is 2.98.